The molecule has 2 aromatic heterocycles. The van der Waals surface area contributed by atoms with Crippen LogP contribution in [0.25, 0.3) is 11.3 Å². The molecule has 0 aliphatic carbocycles. The van der Waals surface area contributed by atoms with Crippen molar-refractivity contribution in [2.75, 3.05) is 20.2 Å². The van der Waals surface area contributed by atoms with Gasteiger partial charge in [-0.05, 0) is 30.7 Å². The number of pyridine rings is 1. The van der Waals surface area contributed by atoms with Crippen LogP contribution < -0.4 is 10.3 Å². The number of carbonyl (C=O) groups excluding carboxylic acids is 1. The highest BCUT2D eigenvalue weighted by Crippen LogP contribution is 2.29. The molecule has 1 amide bonds. The van der Waals surface area contributed by atoms with Crippen LogP contribution >= 0.6 is 0 Å². The molecule has 0 bridgehead atoms. The molecule has 3 aromatic rings. The van der Waals surface area contributed by atoms with Gasteiger partial charge >= 0.3 is 0 Å². The van der Waals surface area contributed by atoms with Gasteiger partial charge < -0.3 is 14.6 Å². The molecule has 0 radical (unpaired) electrons. The van der Waals surface area contributed by atoms with E-state index in [9.17, 15) is 9.59 Å². The van der Waals surface area contributed by atoms with Crippen LogP contribution in [-0.4, -0.2) is 46.0 Å². The predicted molar refractivity (Wildman–Crippen MR) is 104 cm³/mol. The summed E-state index contributed by atoms with van der Waals surface area (Å²) in [5.74, 6) is 0.967. The SMILES string of the molecule is COc1ncccc1-c1cc(=O)[nH]c(C2CCN(C(=O)c3ccccc3)C2)n1. The normalized spacial score (nSPS) is 16.2. The molecule has 7 heteroatoms. The number of aromatic nitrogens is 3. The Balaban J connectivity index is 1.60. The fourth-order valence-electron chi connectivity index (χ4n) is 3.49. The molecule has 1 N–H and O–H groups in total. The molecule has 0 spiro atoms. The Morgan fingerprint density at radius 3 is 2.82 bits per heavy atom. The second-order valence-electron chi connectivity index (χ2n) is 6.68. The number of methoxy groups -OCH3 is 1. The zero-order valence-electron chi connectivity index (χ0n) is 15.5. The van der Waals surface area contributed by atoms with Crippen molar-refractivity contribution in [2.45, 2.75) is 12.3 Å². The van der Waals surface area contributed by atoms with Gasteiger partial charge in [-0.2, -0.15) is 0 Å². The second kappa shape index (κ2) is 7.64. The van der Waals surface area contributed by atoms with Gasteiger partial charge in [-0.25, -0.2) is 9.97 Å². The van der Waals surface area contributed by atoms with Crippen LogP contribution in [0.15, 0.2) is 59.5 Å². The molecule has 3 heterocycles. The summed E-state index contributed by atoms with van der Waals surface area (Å²) in [7, 11) is 1.53. The third kappa shape index (κ3) is 3.51. The van der Waals surface area contributed by atoms with Crippen molar-refractivity contribution < 1.29 is 9.53 Å². The van der Waals surface area contributed by atoms with E-state index in [0.29, 0.717) is 41.6 Å². The van der Waals surface area contributed by atoms with Crippen molar-refractivity contribution in [3.05, 3.63) is 76.5 Å². The molecule has 1 saturated heterocycles. The van der Waals surface area contributed by atoms with Gasteiger partial charge in [-0.15, -0.1) is 0 Å². The number of likely N-dealkylation sites (tertiary alicyclic amines) is 1. The van der Waals surface area contributed by atoms with E-state index >= 15 is 0 Å². The van der Waals surface area contributed by atoms with E-state index in [1.54, 1.807) is 17.2 Å². The lowest BCUT2D eigenvalue weighted by atomic mass is 10.1. The highest BCUT2D eigenvalue weighted by atomic mass is 16.5. The zero-order chi connectivity index (χ0) is 19.5. The van der Waals surface area contributed by atoms with Gasteiger partial charge in [0.2, 0.25) is 5.88 Å². The number of aromatic amines is 1. The Morgan fingerprint density at radius 2 is 2.04 bits per heavy atom. The third-order valence-corrected chi connectivity index (χ3v) is 4.88. The largest absolute Gasteiger partial charge is 0.481 e. The summed E-state index contributed by atoms with van der Waals surface area (Å²) < 4.78 is 5.29. The number of rotatable bonds is 4. The van der Waals surface area contributed by atoms with Crippen LogP contribution in [-0.2, 0) is 0 Å². The highest BCUT2D eigenvalue weighted by Gasteiger charge is 2.29. The molecule has 7 nitrogen and oxygen atoms in total. The number of nitrogens with one attached hydrogen (secondary N) is 1. The lowest BCUT2D eigenvalue weighted by Crippen LogP contribution is -2.28. The van der Waals surface area contributed by atoms with Crippen molar-refractivity contribution in [3.8, 4) is 17.1 Å². The lowest BCUT2D eigenvalue weighted by Gasteiger charge is -2.16. The van der Waals surface area contributed by atoms with Crippen LogP contribution in [0.5, 0.6) is 5.88 Å². The predicted octanol–water partition coefficient (Wildman–Crippen LogP) is 2.47. The summed E-state index contributed by atoms with van der Waals surface area (Å²) in [6, 6.07) is 14.2. The van der Waals surface area contributed by atoms with E-state index < -0.39 is 0 Å². The van der Waals surface area contributed by atoms with E-state index in [1.165, 1.54) is 13.2 Å². The maximum atomic E-state index is 12.7. The molecule has 1 unspecified atom stereocenters. The van der Waals surface area contributed by atoms with Crippen molar-refractivity contribution in [1.82, 2.24) is 19.9 Å². The smallest absolute Gasteiger partial charge is 0.253 e. The van der Waals surface area contributed by atoms with Crippen LogP contribution in [0.2, 0.25) is 0 Å². The van der Waals surface area contributed by atoms with Gasteiger partial charge in [0, 0.05) is 36.8 Å². The molecular weight excluding hydrogens is 356 g/mol. The fraction of sp³-hybridized carbons (Fsp3) is 0.238. The summed E-state index contributed by atoms with van der Waals surface area (Å²) in [5, 5.41) is 0. The Labute approximate surface area is 162 Å². The summed E-state index contributed by atoms with van der Waals surface area (Å²) in [6.07, 6.45) is 2.37. The van der Waals surface area contributed by atoms with Crippen LogP contribution in [0.3, 0.4) is 0 Å². The topological polar surface area (TPSA) is 88.2 Å². The number of hydrogen-bond donors (Lipinski definition) is 1. The number of carbonyl (C=O) groups is 1. The first-order valence-electron chi connectivity index (χ1n) is 9.10. The summed E-state index contributed by atoms with van der Waals surface area (Å²) in [5.41, 5.74) is 1.60. The Hall–Kier alpha value is -3.48. The first-order valence-corrected chi connectivity index (χ1v) is 9.10. The van der Waals surface area contributed by atoms with Crippen LogP contribution in [0.1, 0.15) is 28.5 Å². The summed E-state index contributed by atoms with van der Waals surface area (Å²) >= 11 is 0. The molecule has 0 saturated carbocycles. The lowest BCUT2D eigenvalue weighted by molar-refractivity contribution is 0.0790. The van der Waals surface area contributed by atoms with Crippen LogP contribution in [0.4, 0.5) is 0 Å². The third-order valence-electron chi connectivity index (χ3n) is 4.88. The second-order valence-corrected chi connectivity index (χ2v) is 6.68. The maximum Gasteiger partial charge on any atom is 0.253 e. The van der Waals surface area contributed by atoms with Gasteiger partial charge in [0.05, 0.1) is 18.4 Å². The average Bonchev–Trinajstić information content (AvgIpc) is 3.23. The molecule has 1 fully saturated rings. The minimum atomic E-state index is -0.237. The molecule has 1 aromatic carbocycles. The standard InChI is InChI=1S/C21H20N4O3/c1-28-20-16(8-5-10-22-20)17-12-18(26)24-19(23-17)15-9-11-25(13-15)21(27)14-6-3-2-4-7-14/h2-8,10,12,15H,9,11,13H2,1H3,(H,23,24,26). The fourth-order valence-corrected chi connectivity index (χ4v) is 3.49. The van der Waals surface area contributed by atoms with Crippen molar-refractivity contribution in [3.63, 3.8) is 0 Å². The average molecular weight is 376 g/mol. The Kier molecular flexibility index (Phi) is 4.89. The molecule has 1 aliphatic rings. The van der Waals surface area contributed by atoms with Crippen molar-refractivity contribution in [1.29, 1.82) is 0 Å². The van der Waals surface area contributed by atoms with Gasteiger partial charge in [0.25, 0.3) is 11.5 Å². The zero-order valence-corrected chi connectivity index (χ0v) is 15.5. The number of H-pyrrole nitrogens is 1. The first-order chi connectivity index (χ1) is 13.7. The molecule has 28 heavy (non-hydrogen) atoms. The summed E-state index contributed by atoms with van der Waals surface area (Å²) in [4.78, 5) is 38.4. The van der Waals surface area contributed by atoms with Crippen LogP contribution in [0, 0.1) is 0 Å². The minimum absolute atomic E-state index is 0.00414. The molecular formula is C21H20N4O3. The number of ether oxygens (including phenoxy) is 1. The Bertz CT molecular complexity index is 1050. The van der Waals surface area contributed by atoms with Crippen molar-refractivity contribution >= 4 is 5.91 Å². The molecule has 4 rings (SSSR count). The van der Waals surface area contributed by atoms with E-state index in [-0.39, 0.29) is 17.4 Å². The number of hydrogen-bond acceptors (Lipinski definition) is 5. The number of nitrogens with zero attached hydrogens (tertiary/aromatic N) is 3. The minimum Gasteiger partial charge on any atom is -0.481 e. The first kappa shape index (κ1) is 17.9. The van der Waals surface area contributed by atoms with Gasteiger partial charge in [0.1, 0.15) is 5.82 Å². The van der Waals surface area contributed by atoms with E-state index in [0.717, 1.165) is 6.42 Å². The monoisotopic (exact) mass is 376 g/mol. The molecule has 1 aliphatic heterocycles. The molecule has 142 valence electrons. The quantitative estimate of drug-likeness (QED) is 0.756. The molecule has 1 atom stereocenters. The summed E-state index contributed by atoms with van der Waals surface area (Å²) in [6.45, 7) is 1.15. The maximum absolute atomic E-state index is 12.7. The van der Waals surface area contributed by atoms with Gasteiger partial charge in [0.15, 0.2) is 0 Å². The van der Waals surface area contributed by atoms with E-state index in [4.69, 9.17) is 4.74 Å². The van der Waals surface area contributed by atoms with Gasteiger partial charge in [-0.3, -0.25) is 9.59 Å². The highest BCUT2D eigenvalue weighted by molar-refractivity contribution is 5.94. The van der Waals surface area contributed by atoms with E-state index in [1.807, 2.05) is 36.4 Å². The number of amides is 1. The number of benzene rings is 1. The van der Waals surface area contributed by atoms with E-state index in [2.05, 4.69) is 15.0 Å². The van der Waals surface area contributed by atoms with Gasteiger partial charge in [-0.1, -0.05) is 18.2 Å². The Morgan fingerprint density at radius 1 is 1.21 bits per heavy atom. The van der Waals surface area contributed by atoms with Crippen molar-refractivity contribution in [2.24, 2.45) is 0 Å².